The van der Waals surface area contributed by atoms with Crippen LogP contribution in [-0.2, 0) is 22.6 Å². The molecule has 1 aromatic carbocycles. The first-order chi connectivity index (χ1) is 12.1. The van der Waals surface area contributed by atoms with Gasteiger partial charge in [-0.25, -0.2) is 4.98 Å². The fourth-order valence-electron chi connectivity index (χ4n) is 3.19. The number of carbonyl (C=O) groups excluding carboxylic acids is 2. The lowest BCUT2D eigenvalue weighted by atomic mass is 9.84. The van der Waals surface area contributed by atoms with Gasteiger partial charge in [-0.2, -0.15) is 0 Å². The summed E-state index contributed by atoms with van der Waals surface area (Å²) in [6, 6.07) is 7.55. The van der Waals surface area contributed by atoms with Crippen molar-refractivity contribution < 1.29 is 9.59 Å². The Morgan fingerprint density at radius 2 is 2.08 bits per heavy atom. The van der Waals surface area contributed by atoms with Crippen molar-refractivity contribution in [2.24, 2.45) is 5.92 Å². The summed E-state index contributed by atoms with van der Waals surface area (Å²) in [5, 5.41) is 5.70. The molecule has 0 spiro atoms. The number of hydrogen-bond donors (Lipinski definition) is 2. The lowest BCUT2D eigenvalue weighted by Crippen LogP contribution is -2.48. The van der Waals surface area contributed by atoms with E-state index in [0.29, 0.717) is 13.0 Å². The van der Waals surface area contributed by atoms with Gasteiger partial charge in [-0.15, -0.1) is 0 Å². The van der Waals surface area contributed by atoms with Crippen molar-refractivity contribution >= 4 is 22.8 Å². The molecule has 0 saturated heterocycles. The molecule has 134 valence electrons. The van der Waals surface area contributed by atoms with Crippen molar-refractivity contribution in [3.05, 3.63) is 30.1 Å². The third-order valence-electron chi connectivity index (χ3n) is 4.93. The molecule has 1 saturated carbocycles. The van der Waals surface area contributed by atoms with Gasteiger partial charge in [0.25, 0.3) is 0 Å². The van der Waals surface area contributed by atoms with E-state index in [1.54, 1.807) is 6.92 Å². The van der Waals surface area contributed by atoms with Gasteiger partial charge in [0.15, 0.2) is 0 Å². The van der Waals surface area contributed by atoms with Crippen LogP contribution in [0.25, 0.3) is 11.0 Å². The van der Waals surface area contributed by atoms with Crippen LogP contribution in [0, 0.1) is 5.92 Å². The number of fused-ring (bicyclic) bond motifs is 1. The summed E-state index contributed by atoms with van der Waals surface area (Å²) in [4.78, 5) is 28.7. The molecule has 0 bridgehead atoms. The summed E-state index contributed by atoms with van der Waals surface area (Å²) in [6.07, 6.45) is 3.65. The average molecular weight is 342 g/mol. The second kappa shape index (κ2) is 7.68. The van der Waals surface area contributed by atoms with Gasteiger partial charge in [0.2, 0.25) is 11.8 Å². The van der Waals surface area contributed by atoms with Crippen LogP contribution in [0.4, 0.5) is 0 Å². The van der Waals surface area contributed by atoms with Gasteiger partial charge < -0.3 is 15.2 Å². The second-order valence-corrected chi connectivity index (χ2v) is 6.66. The van der Waals surface area contributed by atoms with E-state index in [4.69, 9.17) is 0 Å². The van der Waals surface area contributed by atoms with Crippen molar-refractivity contribution in [1.82, 2.24) is 20.2 Å². The number of hydrogen-bond acceptors (Lipinski definition) is 3. The molecule has 6 nitrogen and oxygen atoms in total. The molecule has 6 heteroatoms. The van der Waals surface area contributed by atoms with E-state index >= 15 is 0 Å². The van der Waals surface area contributed by atoms with Gasteiger partial charge in [0, 0.05) is 25.4 Å². The van der Waals surface area contributed by atoms with Crippen LogP contribution in [0.15, 0.2) is 24.3 Å². The highest BCUT2D eigenvalue weighted by Gasteiger charge is 2.27. The molecule has 0 aliphatic heterocycles. The number of aromatic nitrogens is 2. The van der Waals surface area contributed by atoms with Gasteiger partial charge in [-0.1, -0.05) is 18.6 Å². The normalized spacial score (nSPS) is 15.6. The molecule has 2 aromatic rings. The van der Waals surface area contributed by atoms with Crippen LogP contribution < -0.4 is 10.6 Å². The minimum Gasteiger partial charge on any atom is -0.354 e. The molecular weight excluding hydrogens is 316 g/mol. The lowest BCUT2D eigenvalue weighted by Gasteiger charge is -2.25. The van der Waals surface area contributed by atoms with E-state index in [2.05, 4.69) is 33.2 Å². The van der Waals surface area contributed by atoms with Crippen LogP contribution >= 0.6 is 0 Å². The molecule has 1 aliphatic carbocycles. The Hall–Kier alpha value is -2.37. The van der Waals surface area contributed by atoms with Crippen LogP contribution in [-0.4, -0.2) is 34.0 Å². The van der Waals surface area contributed by atoms with Crippen molar-refractivity contribution in [3.63, 3.8) is 0 Å². The maximum atomic E-state index is 12.2. The molecular formula is C19H26N4O2. The maximum Gasteiger partial charge on any atom is 0.242 e. The number of amides is 2. The van der Waals surface area contributed by atoms with Crippen LogP contribution in [0.3, 0.4) is 0 Å². The zero-order valence-electron chi connectivity index (χ0n) is 14.9. The highest BCUT2D eigenvalue weighted by molar-refractivity contribution is 5.88. The molecule has 2 N–H and O–H groups in total. The van der Waals surface area contributed by atoms with Crippen LogP contribution in [0.5, 0.6) is 0 Å². The fourth-order valence-corrected chi connectivity index (χ4v) is 3.19. The predicted molar refractivity (Wildman–Crippen MR) is 97.1 cm³/mol. The monoisotopic (exact) mass is 342 g/mol. The molecule has 1 aliphatic rings. The summed E-state index contributed by atoms with van der Waals surface area (Å²) < 4.78 is 2.17. The van der Waals surface area contributed by atoms with E-state index in [-0.39, 0.29) is 17.7 Å². The SMILES string of the molecule is CCn1c(CCNC(=O)[C@@H](C)NC(=O)C2CCC2)nc2ccccc21. The zero-order valence-corrected chi connectivity index (χ0v) is 14.9. The molecule has 25 heavy (non-hydrogen) atoms. The first-order valence-electron chi connectivity index (χ1n) is 9.12. The van der Waals surface area contributed by atoms with E-state index in [1.807, 2.05) is 18.2 Å². The van der Waals surface area contributed by atoms with Gasteiger partial charge in [-0.3, -0.25) is 9.59 Å². The molecule has 1 fully saturated rings. The minimum atomic E-state index is -0.502. The molecule has 1 heterocycles. The van der Waals surface area contributed by atoms with Gasteiger partial charge >= 0.3 is 0 Å². The topological polar surface area (TPSA) is 76.0 Å². The standard InChI is InChI=1S/C19H26N4O2/c1-3-23-16-10-5-4-9-15(16)22-17(23)11-12-20-18(24)13(2)21-19(25)14-7-6-8-14/h4-5,9-10,13-14H,3,6-8,11-12H2,1-2H3,(H,20,24)(H,21,25)/t13-/m1/s1. The second-order valence-electron chi connectivity index (χ2n) is 6.66. The van der Waals surface area contributed by atoms with E-state index in [1.165, 1.54) is 0 Å². The van der Waals surface area contributed by atoms with Crippen LogP contribution in [0.1, 0.15) is 38.9 Å². The number of para-hydroxylation sites is 2. The van der Waals surface area contributed by atoms with Crippen molar-refractivity contribution in [2.75, 3.05) is 6.54 Å². The van der Waals surface area contributed by atoms with Gasteiger partial charge in [0.1, 0.15) is 11.9 Å². The molecule has 0 unspecified atom stereocenters. The minimum absolute atomic E-state index is 0.00155. The summed E-state index contributed by atoms with van der Waals surface area (Å²) in [6.45, 7) is 5.17. The summed E-state index contributed by atoms with van der Waals surface area (Å²) in [5.41, 5.74) is 2.10. The Morgan fingerprint density at radius 1 is 1.32 bits per heavy atom. The van der Waals surface area contributed by atoms with E-state index in [9.17, 15) is 9.59 Å². The Morgan fingerprint density at radius 3 is 2.76 bits per heavy atom. The van der Waals surface area contributed by atoms with Crippen LogP contribution in [0.2, 0.25) is 0 Å². The third-order valence-corrected chi connectivity index (χ3v) is 4.93. The fraction of sp³-hybridized carbons (Fsp3) is 0.526. The number of benzene rings is 1. The molecule has 2 amide bonds. The highest BCUT2D eigenvalue weighted by Crippen LogP contribution is 2.26. The molecule has 1 aromatic heterocycles. The zero-order chi connectivity index (χ0) is 17.8. The largest absolute Gasteiger partial charge is 0.354 e. The Balaban J connectivity index is 1.52. The maximum absolute atomic E-state index is 12.2. The lowest BCUT2D eigenvalue weighted by molar-refractivity contribution is -0.132. The predicted octanol–water partition coefficient (Wildman–Crippen LogP) is 2.02. The first kappa shape index (κ1) is 17.5. The summed E-state index contributed by atoms with van der Waals surface area (Å²) >= 11 is 0. The van der Waals surface area contributed by atoms with E-state index < -0.39 is 6.04 Å². The van der Waals surface area contributed by atoms with Crippen molar-refractivity contribution in [1.29, 1.82) is 0 Å². The highest BCUT2D eigenvalue weighted by atomic mass is 16.2. The molecule has 0 radical (unpaired) electrons. The number of rotatable bonds is 7. The Labute approximate surface area is 148 Å². The van der Waals surface area contributed by atoms with Crippen molar-refractivity contribution in [3.8, 4) is 0 Å². The average Bonchev–Trinajstić information content (AvgIpc) is 2.90. The van der Waals surface area contributed by atoms with Gasteiger partial charge in [0.05, 0.1) is 11.0 Å². The Kier molecular flexibility index (Phi) is 5.36. The smallest absolute Gasteiger partial charge is 0.242 e. The number of carbonyl (C=O) groups is 2. The van der Waals surface area contributed by atoms with Crippen molar-refractivity contribution in [2.45, 2.75) is 52.1 Å². The number of aryl methyl sites for hydroxylation is 1. The third kappa shape index (κ3) is 3.83. The number of nitrogens with one attached hydrogen (secondary N) is 2. The summed E-state index contributed by atoms with van der Waals surface area (Å²) in [5.74, 6) is 0.920. The number of nitrogens with zero attached hydrogens (tertiary/aromatic N) is 2. The molecule has 3 rings (SSSR count). The molecule has 1 atom stereocenters. The number of imidazole rings is 1. The summed E-state index contributed by atoms with van der Waals surface area (Å²) in [7, 11) is 0. The first-order valence-corrected chi connectivity index (χ1v) is 9.12. The van der Waals surface area contributed by atoms with Gasteiger partial charge in [-0.05, 0) is 38.8 Å². The quantitative estimate of drug-likeness (QED) is 0.808. The Bertz CT molecular complexity index is 764. The van der Waals surface area contributed by atoms with E-state index in [0.717, 1.165) is 42.7 Å².